The molecule has 0 atom stereocenters. The molecular formula is C17H18N4O. The molecule has 0 aliphatic carbocycles. The Balaban J connectivity index is 2.12. The Morgan fingerprint density at radius 2 is 1.95 bits per heavy atom. The molecule has 0 saturated heterocycles. The first-order valence-electron chi connectivity index (χ1n) is 7.24. The molecular weight excluding hydrogens is 276 g/mol. The number of phenols is 1. The maximum Gasteiger partial charge on any atom is 0.183 e. The van der Waals surface area contributed by atoms with E-state index in [9.17, 15) is 5.11 Å². The van der Waals surface area contributed by atoms with E-state index >= 15 is 0 Å². The molecule has 112 valence electrons. The SMILES string of the molecule is Cc1ccc2nc(C(C)C)c(N=Nc3cccc(O)c3)n2c1. The number of pyridine rings is 1. The van der Waals surface area contributed by atoms with Crippen molar-refractivity contribution in [3.8, 4) is 5.75 Å². The van der Waals surface area contributed by atoms with Crippen molar-refractivity contribution in [2.45, 2.75) is 26.7 Å². The van der Waals surface area contributed by atoms with Gasteiger partial charge < -0.3 is 5.11 Å². The van der Waals surface area contributed by atoms with Crippen LogP contribution in [0.5, 0.6) is 5.75 Å². The van der Waals surface area contributed by atoms with E-state index in [-0.39, 0.29) is 11.7 Å². The fraction of sp³-hybridized carbons (Fsp3) is 0.235. The lowest BCUT2D eigenvalue weighted by atomic mass is 10.1. The van der Waals surface area contributed by atoms with Gasteiger partial charge in [0, 0.05) is 12.3 Å². The van der Waals surface area contributed by atoms with Crippen LogP contribution in [0.15, 0.2) is 52.8 Å². The van der Waals surface area contributed by atoms with E-state index in [1.807, 2.05) is 29.7 Å². The fourth-order valence-electron chi connectivity index (χ4n) is 2.30. The summed E-state index contributed by atoms with van der Waals surface area (Å²) in [5.74, 6) is 1.16. The maximum atomic E-state index is 9.50. The second-order valence-corrected chi connectivity index (χ2v) is 5.63. The highest BCUT2D eigenvalue weighted by atomic mass is 16.3. The van der Waals surface area contributed by atoms with Crippen LogP contribution in [0.25, 0.3) is 5.65 Å². The van der Waals surface area contributed by atoms with Crippen LogP contribution >= 0.6 is 0 Å². The monoisotopic (exact) mass is 294 g/mol. The van der Waals surface area contributed by atoms with E-state index in [0.717, 1.165) is 22.7 Å². The zero-order valence-corrected chi connectivity index (χ0v) is 12.9. The predicted octanol–water partition coefficient (Wildman–Crippen LogP) is 4.89. The van der Waals surface area contributed by atoms with E-state index in [2.05, 4.69) is 29.1 Å². The smallest absolute Gasteiger partial charge is 0.183 e. The number of phenolic OH excluding ortho intramolecular Hbond substituents is 1. The van der Waals surface area contributed by atoms with Gasteiger partial charge >= 0.3 is 0 Å². The maximum absolute atomic E-state index is 9.50. The van der Waals surface area contributed by atoms with Gasteiger partial charge in [-0.15, -0.1) is 10.2 Å². The molecule has 0 spiro atoms. The van der Waals surface area contributed by atoms with E-state index in [1.165, 1.54) is 0 Å². The van der Waals surface area contributed by atoms with Gasteiger partial charge in [-0.1, -0.05) is 26.0 Å². The Bertz CT molecular complexity index is 849. The van der Waals surface area contributed by atoms with Crippen molar-refractivity contribution in [2.75, 3.05) is 0 Å². The Morgan fingerprint density at radius 1 is 1.14 bits per heavy atom. The molecule has 0 fully saturated rings. The van der Waals surface area contributed by atoms with Crippen molar-refractivity contribution in [3.63, 3.8) is 0 Å². The van der Waals surface area contributed by atoms with Crippen molar-refractivity contribution in [3.05, 3.63) is 53.9 Å². The molecule has 3 rings (SSSR count). The van der Waals surface area contributed by atoms with Crippen molar-refractivity contribution in [1.29, 1.82) is 0 Å². The predicted molar refractivity (Wildman–Crippen MR) is 86.3 cm³/mol. The highest BCUT2D eigenvalue weighted by Crippen LogP contribution is 2.30. The van der Waals surface area contributed by atoms with E-state index in [0.29, 0.717) is 5.69 Å². The lowest BCUT2D eigenvalue weighted by Crippen LogP contribution is -1.88. The molecule has 0 aliphatic rings. The van der Waals surface area contributed by atoms with Crippen LogP contribution < -0.4 is 0 Å². The van der Waals surface area contributed by atoms with Gasteiger partial charge in [0.05, 0.1) is 11.4 Å². The average Bonchev–Trinajstić information content (AvgIpc) is 2.83. The summed E-state index contributed by atoms with van der Waals surface area (Å²) in [6.07, 6.45) is 2.00. The number of aryl methyl sites for hydroxylation is 1. The van der Waals surface area contributed by atoms with Crippen LogP contribution in [0.4, 0.5) is 11.5 Å². The Morgan fingerprint density at radius 3 is 2.68 bits per heavy atom. The van der Waals surface area contributed by atoms with Crippen LogP contribution in [0, 0.1) is 6.92 Å². The lowest BCUT2D eigenvalue weighted by molar-refractivity contribution is 0.475. The summed E-state index contributed by atoms with van der Waals surface area (Å²) in [6, 6.07) is 10.7. The molecule has 0 saturated carbocycles. The van der Waals surface area contributed by atoms with Crippen molar-refractivity contribution < 1.29 is 5.11 Å². The lowest BCUT2D eigenvalue weighted by Gasteiger charge is -2.02. The van der Waals surface area contributed by atoms with Crippen molar-refractivity contribution in [1.82, 2.24) is 9.38 Å². The van der Waals surface area contributed by atoms with Gasteiger partial charge in [-0.3, -0.25) is 4.40 Å². The summed E-state index contributed by atoms with van der Waals surface area (Å²) in [5.41, 5.74) is 3.51. The third kappa shape index (κ3) is 2.70. The number of hydrogen-bond donors (Lipinski definition) is 1. The summed E-state index contributed by atoms with van der Waals surface area (Å²) in [4.78, 5) is 4.64. The van der Waals surface area contributed by atoms with E-state index in [4.69, 9.17) is 0 Å². The molecule has 0 amide bonds. The number of aromatic nitrogens is 2. The summed E-state index contributed by atoms with van der Waals surface area (Å²) < 4.78 is 1.96. The zero-order chi connectivity index (χ0) is 15.7. The Labute approximate surface area is 129 Å². The molecule has 0 radical (unpaired) electrons. The summed E-state index contributed by atoms with van der Waals surface area (Å²) in [7, 11) is 0. The number of benzene rings is 1. The van der Waals surface area contributed by atoms with Crippen molar-refractivity contribution in [2.24, 2.45) is 10.2 Å². The van der Waals surface area contributed by atoms with Gasteiger partial charge in [-0.05, 0) is 36.6 Å². The molecule has 3 aromatic rings. The quantitative estimate of drug-likeness (QED) is 0.699. The zero-order valence-electron chi connectivity index (χ0n) is 12.9. The summed E-state index contributed by atoms with van der Waals surface area (Å²) in [6.45, 7) is 6.20. The van der Waals surface area contributed by atoms with Gasteiger partial charge in [0.25, 0.3) is 0 Å². The third-order valence-electron chi connectivity index (χ3n) is 3.40. The number of aromatic hydroxyl groups is 1. The van der Waals surface area contributed by atoms with Gasteiger partial charge in [0.1, 0.15) is 11.4 Å². The van der Waals surface area contributed by atoms with E-state index in [1.54, 1.807) is 24.3 Å². The molecule has 2 heterocycles. The van der Waals surface area contributed by atoms with Gasteiger partial charge in [-0.25, -0.2) is 4.98 Å². The van der Waals surface area contributed by atoms with Gasteiger partial charge in [0.2, 0.25) is 0 Å². The second-order valence-electron chi connectivity index (χ2n) is 5.63. The first-order valence-corrected chi connectivity index (χ1v) is 7.24. The van der Waals surface area contributed by atoms with Crippen LogP contribution in [0.3, 0.4) is 0 Å². The molecule has 5 heteroatoms. The largest absolute Gasteiger partial charge is 0.508 e. The molecule has 1 aromatic carbocycles. The minimum Gasteiger partial charge on any atom is -0.508 e. The molecule has 2 aromatic heterocycles. The highest BCUT2D eigenvalue weighted by molar-refractivity contribution is 5.54. The van der Waals surface area contributed by atoms with Crippen molar-refractivity contribution >= 4 is 17.2 Å². The highest BCUT2D eigenvalue weighted by Gasteiger charge is 2.15. The second kappa shape index (κ2) is 5.60. The van der Waals surface area contributed by atoms with Crippen LogP contribution in [-0.4, -0.2) is 14.5 Å². The standard InChI is InChI=1S/C17H18N4O/c1-11(2)16-17(20-19-13-5-4-6-14(22)9-13)21-10-12(3)7-8-15(21)18-16/h4-11,22H,1-3H3. The molecule has 22 heavy (non-hydrogen) atoms. The number of rotatable bonds is 3. The number of fused-ring (bicyclic) bond motifs is 1. The number of nitrogens with zero attached hydrogens (tertiary/aromatic N) is 4. The van der Waals surface area contributed by atoms with Gasteiger partial charge in [-0.2, -0.15) is 0 Å². The molecule has 1 N–H and O–H groups in total. The van der Waals surface area contributed by atoms with Gasteiger partial charge in [0.15, 0.2) is 5.82 Å². The third-order valence-corrected chi connectivity index (χ3v) is 3.40. The number of azo groups is 1. The first-order chi connectivity index (χ1) is 10.5. The Hall–Kier alpha value is -2.69. The molecule has 0 aliphatic heterocycles. The average molecular weight is 294 g/mol. The minimum absolute atomic E-state index is 0.175. The number of hydrogen-bond acceptors (Lipinski definition) is 4. The minimum atomic E-state index is 0.175. The topological polar surface area (TPSA) is 62.2 Å². The van der Waals surface area contributed by atoms with Crippen LogP contribution in [-0.2, 0) is 0 Å². The number of imidazole rings is 1. The van der Waals surface area contributed by atoms with E-state index < -0.39 is 0 Å². The summed E-state index contributed by atoms with van der Waals surface area (Å²) >= 11 is 0. The Kier molecular flexibility index (Phi) is 3.63. The first kappa shape index (κ1) is 14.3. The molecule has 5 nitrogen and oxygen atoms in total. The normalized spacial score (nSPS) is 11.8. The fourth-order valence-corrected chi connectivity index (χ4v) is 2.30. The van der Waals surface area contributed by atoms with Crippen LogP contribution in [0.2, 0.25) is 0 Å². The van der Waals surface area contributed by atoms with Crippen LogP contribution in [0.1, 0.15) is 31.0 Å². The molecule has 0 bridgehead atoms. The summed E-state index contributed by atoms with van der Waals surface area (Å²) in [5, 5.41) is 18.1. The molecule has 0 unspecified atom stereocenters.